The number of hydrogen-bond donors (Lipinski definition) is 4. The highest BCUT2D eigenvalue weighted by atomic mass is 16.4. The second-order valence-electron chi connectivity index (χ2n) is 1.73. The molecule has 0 fully saturated rings. The van der Waals surface area contributed by atoms with Crippen LogP contribution in [0.5, 0.6) is 0 Å². The Labute approximate surface area is 62.6 Å². The number of carboxylic acids is 1. The average molecular weight is 165 g/mol. The lowest BCUT2D eigenvalue weighted by Crippen LogP contribution is -2.43. The van der Waals surface area contributed by atoms with Crippen molar-refractivity contribution in [3.63, 3.8) is 0 Å². The van der Waals surface area contributed by atoms with Gasteiger partial charge in [-0.05, 0) is 0 Å². The van der Waals surface area contributed by atoms with Crippen molar-refractivity contribution in [2.75, 3.05) is 0 Å². The number of nitrogens with two attached hydrogens (primary N) is 2. The highest BCUT2D eigenvalue weighted by Gasteiger charge is 2.17. The molecule has 0 radical (unpaired) electrons. The number of amides is 1. The lowest BCUT2D eigenvalue weighted by Gasteiger charge is -2.06. The van der Waals surface area contributed by atoms with Crippen LogP contribution in [0.4, 0.5) is 0 Å². The molecule has 7 heteroatoms. The summed E-state index contributed by atoms with van der Waals surface area (Å²) in [6, 6.07) is -1.09. The van der Waals surface area contributed by atoms with Gasteiger partial charge in [0.05, 0.1) is 6.42 Å². The Morgan fingerprint density at radius 2 is 2.00 bits per heavy atom. The van der Waals surface area contributed by atoms with Crippen LogP contribution >= 0.6 is 0 Å². The second kappa shape index (κ2) is 5.59. The van der Waals surface area contributed by atoms with Crippen LogP contribution in [-0.4, -0.2) is 28.5 Å². The van der Waals surface area contributed by atoms with E-state index in [1.54, 1.807) is 0 Å². The predicted octanol–water partition coefficient (Wildman–Crippen LogP) is -3.05. The molecule has 1 amide bonds. The Morgan fingerprint density at radius 1 is 1.55 bits per heavy atom. The summed E-state index contributed by atoms with van der Waals surface area (Å²) in [6.07, 6.45) is -0.300. The maximum atomic E-state index is 10.1. The van der Waals surface area contributed by atoms with E-state index in [2.05, 4.69) is 0 Å². The molecule has 0 spiro atoms. The molecule has 0 aromatic heterocycles. The molecule has 0 heterocycles. The van der Waals surface area contributed by atoms with E-state index < -0.39 is 17.9 Å². The van der Waals surface area contributed by atoms with Crippen LogP contribution in [0.15, 0.2) is 0 Å². The topological polar surface area (TPSA) is 150 Å². The lowest BCUT2D eigenvalue weighted by molar-refractivity contribution is -0.141. The first kappa shape index (κ1) is 12.5. The smallest absolute Gasteiger partial charge is 0.322 e. The SMILES string of the molecule is NN[C@@H](CC(N)=O)C(=O)O.O. The standard InChI is InChI=1S/C4H9N3O3.H2O/c5-3(8)1-2(7-6)4(9)10;/h2,7H,1,6H2,(H2,5,8)(H,9,10);1H2/t2-;/m0./s1. The van der Waals surface area contributed by atoms with Gasteiger partial charge < -0.3 is 16.3 Å². The number of aliphatic carboxylic acids is 1. The van der Waals surface area contributed by atoms with Gasteiger partial charge in [0.2, 0.25) is 5.91 Å². The summed E-state index contributed by atoms with van der Waals surface area (Å²) >= 11 is 0. The molecular weight excluding hydrogens is 154 g/mol. The van der Waals surface area contributed by atoms with E-state index >= 15 is 0 Å². The molecule has 11 heavy (non-hydrogen) atoms. The molecule has 7 nitrogen and oxygen atoms in total. The van der Waals surface area contributed by atoms with Crippen LogP contribution in [0.1, 0.15) is 6.42 Å². The Hall–Kier alpha value is -1.18. The van der Waals surface area contributed by atoms with Gasteiger partial charge in [-0.2, -0.15) is 0 Å². The van der Waals surface area contributed by atoms with E-state index in [0.717, 1.165) is 0 Å². The molecule has 0 aliphatic heterocycles. The van der Waals surface area contributed by atoms with Crippen molar-refractivity contribution in [3.8, 4) is 0 Å². The van der Waals surface area contributed by atoms with Gasteiger partial charge in [0.1, 0.15) is 6.04 Å². The van der Waals surface area contributed by atoms with Crippen molar-refractivity contribution < 1.29 is 20.2 Å². The van der Waals surface area contributed by atoms with Gasteiger partial charge in [-0.3, -0.25) is 15.4 Å². The molecule has 0 bridgehead atoms. The lowest BCUT2D eigenvalue weighted by atomic mass is 10.2. The molecule has 66 valence electrons. The van der Waals surface area contributed by atoms with Crippen molar-refractivity contribution in [1.82, 2.24) is 5.43 Å². The maximum Gasteiger partial charge on any atom is 0.322 e. The third-order valence-electron chi connectivity index (χ3n) is 0.905. The van der Waals surface area contributed by atoms with Crippen molar-refractivity contribution in [3.05, 3.63) is 0 Å². The highest BCUT2D eigenvalue weighted by Crippen LogP contribution is 1.87. The monoisotopic (exact) mass is 165 g/mol. The zero-order valence-electron chi connectivity index (χ0n) is 5.70. The summed E-state index contributed by atoms with van der Waals surface area (Å²) in [5.41, 5.74) is 6.64. The number of carbonyl (C=O) groups is 2. The maximum absolute atomic E-state index is 10.1. The van der Waals surface area contributed by atoms with Crippen molar-refractivity contribution in [2.45, 2.75) is 12.5 Å². The molecule has 0 rings (SSSR count). The molecule has 1 atom stereocenters. The summed E-state index contributed by atoms with van der Waals surface area (Å²) < 4.78 is 0. The van der Waals surface area contributed by atoms with Crippen LogP contribution in [0.2, 0.25) is 0 Å². The van der Waals surface area contributed by atoms with Crippen LogP contribution < -0.4 is 17.0 Å². The fourth-order valence-electron chi connectivity index (χ4n) is 0.419. The van der Waals surface area contributed by atoms with Gasteiger partial charge in [-0.25, -0.2) is 5.43 Å². The van der Waals surface area contributed by atoms with Crippen molar-refractivity contribution in [1.29, 1.82) is 0 Å². The first-order chi connectivity index (χ1) is 4.57. The second-order valence-corrected chi connectivity index (χ2v) is 1.73. The average Bonchev–Trinajstić information content (AvgIpc) is 1.81. The molecule has 0 aromatic carbocycles. The van der Waals surface area contributed by atoms with Crippen LogP contribution in [-0.2, 0) is 9.59 Å². The third kappa shape index (κ3) is 5.27. The largest absolute Gasteiger partial charge is 0.480 e. The van der Waals surface area contributed by atoms with Gasteiger partial charge >= 0.3 is 5.97 Å². The van der Waals surface area contributed by atoms with E-state index in [4.69, 9.17) is 16.7 Å². The van der Waals surface area contributed by atoms with Crippen LogP contribution in [0.3, 0.4) is 0 Å². The van der Waals surface area contributed by atoms with Gasteiger partial charge in [-0.15, -0.1) is 0 Å². The number of hydrogen-bond acceptors (Lipinski definition) is 4. The summed E-state index contributed by atoms with van der Waals surface area (Å²) in [5, 5.41) is 8.27. The predicted molar refractivity (Wildman–Crippen MR) is 36.2 cm³/mol. The van der Waals surface area contributed by atoms with Gasteiger partial charge in [0.25, 0.3) is 0 Å². The zero-order valence-corrected chi connectivity index (χ0v) is 5.70. The summed E-state index contributed by atoms with van der Waals surface area (Å²) in [6.45, 7) is 0. The minimum absolute atomic E-state index is 0. The van der Waals surface area contributed by atoms with E-state index in [1.807, 2.05) is 5.43 Å². The van der Waals surface area contributed by atoms with Crippen molar-refractivity contribution in [2.24, 2.45) is 11.6 Å². The van der Waals surface area contributed by atoms with E-state index in [1.165, 1.54) is 0 Å². The minimum Gasteiger partial charge on any atom is -0.480 e. The number of hydrazine groups is 1. The van der Waals surface area contributed by atoms with Crippen LogP contribution in [0, 0.1) is 0 Å². The number of nitrogens with one attached hydrogen (secondary N) is 1. The molecule has 0 aliphatic rings. The number of carboxylic acid groups (broad SMARTS) is 1. The molecule has 0 saturated carbocycles. The number of carbonyl (C=O) groups excluding carboxylic acids is 1. The Kier molecular flexibility index (Phi) is 6.35. The molecule has 0 aliphatic carbocycles. The Bertz CT molecular complexity index is 148. The first-order valence-electron chi connectivity index (χ1n) is 2.55. The molecule has 0 aromatic rings. The number of rotatable bonds is 4. The van der Waals surface area contributed by atoms with Crippen molar-refractivity contribution >= 4 is 11.9 Å². The highest BCUT2D eigenvalue weighted by molar-refractivity contribution is 5.83. The molecule has 0 saturated heterocycles. The fourth-order valence-corrected chi connectivity index (χ4v) is 0.419. The van der Waals surface area contributed by atoms with E-state index in [0.29, 0.717) is 0 Å². The first-order valence-corrected chi connectivity index (χ1v) is 2.55. The van der Waals surface area contributed by atoms with Gasteiger partial charge in [0.15, 0.2) is 0 Å². The summed E-state index contributed by atoms with van der Waals surface area (Å²) in [7, 11) is 0. The normalized spacial score (nSPS) is 11.4. The third-order valence-corrected chi connectivity index (χ3v) is 0.905. The molecule has 8 N–H and O–H groups in total. The Balaban J connectivity index is 0. The van der Waals surface area contributed by atoms with E-state index in [9.17, 15) is 9.59 Å². The summed E-state index contributed by atoms with van der Waals surface area (Å²) in [5.74, 6) is 2.89. The molecular formula is C4H11N3O4. The van der Waals surface area contributed by atoms with E-state index in [-0.39, 0.29) is 11.9 Å². The quantitative estimate of drug-likeness (QED) is 0.258. The van der Waals surface area contributed by atoms with Crippen LogP contribution in [0.25, 0.3) is 0 Å². The Morgan fingerprint density at radius 3 is 2.09 bits per heavy atom. The minimum atomic E-state index is -1.19. The summed E-state index contributed by atoms with van der Waals surface area (Å²) in [4.78, 5) is 20.3. The number of primary amides is 1. The molecule has 0 unspecified atom stereocenters. The fraction of sp³-hybridized carbons (Fsp3) is 0.500. The zero-order chi connectivity index (χ0) is 8.15. The van der Waals surface area contributed by atoms with Gasteiger partial charge in [0, 0.05) is 0 Å². The van der Waals surface area contributed by atoms with Gasteiger partial charge in [-0.1, -0.05) is 0 Å².